The highest BCUT2D eigenvalue weighted by Crippen LogP contribution is 2.18. The van der Waals surface area contributed by atoms with Gasteiger partial charge in [0.1, 0.15) is 5.75 Å². The molecule has 0 aromatic carbocycles. The van der Waals surface area contributed by atoms with E-state index in [9.17, 15) is 0 Å². The van der Waals surface area contributed by atoms with Crippen LogP contribution in [0.15, 0.2) is 18.3 Å². The fraction of sp³-hybridized carbons (Fsp3) is 0.643. The number of aromatic nitrogens is 1. The van der Waals surface area contributed by atoms with E-state index in [1.54, 1.807) is 6.20 Å². The van der Waals surface area contributed by atoms with Gasteiger partial charge in [-0.3, -0.25) is 4.98 Å². The Bertz CT molecular complexity index is 321. The minimum Gasteiger partial charge on any atom is -0.489 e. The van der Waals surface area contributed by atoms with Gasteiger partial charge < -0.3 is 10.5 Å². The van der Waals surface area contributed by atoms with Crippen molar-refractivity contribution in [2.45, 2.75) is 52.7 Å². The van der Waals surface area contributed by atoms with Crippen LogP contribution >= 0.6 is 0 Å². The second-order valence-electron chi connectivity index (χ2n) is 4.99. The molecule has 0 saturated carbocycles. The second-order valence-corrected chi connectivity index (χ2v) is 4.99. The number of nitrogens with two attached hydrogens (primary N) is 1. The maximum Gasteiger partial charge on any atom is 0.138 e. The third kappa shape index (κ3) is 4.73. The minimum atomic E-state index is 0.0251. The summed E-state index contributed by atoms with van der Waals surface area (Å²) in [6.45, 7) is 8.54. The number of nitrogens with zero attached hydrogens (tertiary/aromatic N) is 1. The van der Waals surface area contributed by atoms with Crippen molar-refractivity contribution in [2.75, 3.05) is 0 Å². The van der Waals surface area contributed by atoms with E-state index in [2.05, 4.69) is 32.7 Å². The van der Waals surface area contributed by atoms with E-state index in [1.165, 1.54) is 0 Å². The highest BCUT2D eigenvalue weighted by Gasteiger charge is 2.08. The molecule has 1 aromatic rings. The van der Waals surface area contributed by atoms with Gasteiger partial charge >= 0.3 is 0 Å². The molecular formula is C14H24N2O. The zero-order valence-corrected chi connectivity index (χ0v) is 11.3. The number of rotatable bonds is 6. The smallest absolute Gasteiger partial charge is 0.138 e. The highest BCUT2D eigenvalue weighted by atomic mass is 16.5. The van der Waals surface area contributed by atoms with Crippen molar-refractivity contribution in [2.24, 2.45) is 11.7 Å². The van der Waals surface area contributed by atoms with Crippen LogP contribution in [0.2, 0.25) is 0 Å². The lowest BCUT2D eigenvalue weighted by atomic mass is 10.1. The van der Waals surface area contributed by atoms with Crippen LogP contribution in [0.25, 0.3) is 0 Å². The maximum absolute atomic E-state index is 5.91. The molecule has 0 aliphatic rings. The first-order chi connectivity index (χ1) is 8.02. The molecule has 1 aromatic heterocycles. The molecule has 0 spiro atoms. The average Bonchev–Trinajstić information content (AvgIpc) is 2.28. The Kier molecular flexibility index (Phi) is 5.42. The summed E-state index contributed by atoms with van der Waals surface area (Å²) in [5.41, 5.74) is 6.84. The molecule has 0 radical (unpaired) electrons. The van der Waals surface area contributed by atoms with E-state index in [0.717, 1.165) is 24.3 Å². The van der Waals surface area contributed by atoms with Gasteiger partial charge in [0, 0.05) is 6.04 Å². The lowest BCUT2D eigenvalue weighted by Gasteiger charge is -2.17. The van der Waals surface area contributed by atoms with Gasteiger partial charge in [-0.2, -0.15) is 0 Å². The number of ether oxygens (including phenoxy) is 1. The maximum atomic E-state index is 5.91. The molecule has 2 N–H and O–H groups in total. The molecule has 96 valence electrons. The Morgan fingerprint density at radius 3 is 2.47 bits per heavy atom. The van der Waals surface area contributed by atoms with E-state index < -0.39 is 0 Å². The standard InChI is InChI=1S/C14H24N2O/c1-5-13(15)14-7-6-12(9-16-14)17-11(4)8-10(2)3/h6-7,9-11,13H,5,8,15H2,1-4H3/t11?,13-/m1/s1. The Morgan fingerprint density at radius 2 is 2.00 bits per heavy atom. The van der Waals surface area contributed by atoms with Crippen LogP contribution in [0, 0.1) is 5.92 Å². The Labute approximate surface area is 104 Å². The van der Waals surface area contributed by atoms with Crippen molar-refractivity contribution < 1.29 is 4.74 Å². The predicted molar refractivity (Wildman–Crippen MR) is 71.0 cm³/mol. The van der Waals surface area contributed by atoms with E-state index in [0.29, 0.717) is 5.92 Å². The van der Waals surface area contributed by atoms with Crippen molar-refractivity contribution in [3.8, 4) is 5.75 Å². The first-order valence-electron chi connectivity index (χ1n) is 6.41. The summed E-state index contributed by atoms with van der Waals surface area (Å²) in [4.78, 5) is 4.33. The molecule has 0 bridgehead atoms. The van der Waals surface area contributed by atoms with Crippen LogP contribution in [-0.2, 0) is 0 Å². The largest absolute Gasteiger partial charge is 0.489 e. The lowest BCUT2D eigenvalue weighted by molar-refractivity contribution is 0.192. The molecule has 0 amide bonds. The number of pyridine rings is 1. The number of hydrogen-bond acceptors (Lipinski definition) is 3. The molecule has 3 heteroatoms. The van der Waals surface area contributed by atoms with Gasteiger partial charge in [0.05, 0.1) is 18.0 Å². The molecule has 0 saturated heterocycles. The predicted octanol–water partition coefficient (Wildman–Crippen LogP) is 3.30. The van der Waals surface area contributed by atoms with Gasteiger partial charge in [-0.25, -0.2) is 0 Å². The second kappa shape index (κ2) is 6.60. The molecule has 0 aliphatic carbocycles. The molecule has 0 aliphatic heterocycles. The normalized spacial score (nSPS) is 14.7. The van der Waals surface area contributed by atoms with Gasteiger partial charge in [0.25, 0.3) is 0 Å². The van der Waals surface area contributed by atoms with E-state index in [1.807, 2.05) is 12.1 Å². The summed E-state index contributed by atoms with van der Waals surface area (Å²) >= 11 is 0. The average molecular weight is 236 g/mol. The molecule has 1 unspecified atom stereocenters. The van der Waals surface area contributed by atoms with Gasteiger partial charge in [0.2, 0.25) is 0 Å². The summed E-state index contributed by atoms with van der Waals surface area (Å²) in [5.74, 6) is 1.47. The van der Waals surface area contributed by atoms with Crippen LogP contribution < -0.4 is 10.5 Å². The third-order valence-electron chi connectivity index (χ3n) is 2.72. The third-order valence-corrected chi connectivity index (χ3v) is 2.72. The van der Waals surface area contributed by atoms with Crippen LogP contribution in [-0.4, -0.2) is 11.1 Å². The van der Waals surface area contributed by atoms with Crippen molar-refractivity contribution in [3.05, 3.63) is 24.0 Å². The van der Waals surface area contributed by atoms with Crippen molar-refractivity contribution >= 4 is 0 Å². The fourth-order valence-corrected chi connectivity index (χ4v) is 1.83. The van der Waals surface area contributed by atoms with Crippen LogP contribution in [0.4, 0.5) is 0 Å². The Hall–Kier alpha value is -1.09. The molecule has 17 heavy (non-hydrogen) atoms. The van der Waals surface area contributed by atoms with Crippen LogP contribution in [0.3, 0.4) is 0 Å². The molecular weight excluding hydrogens is 212 g/mol. The zero-order chi connectivity index (χ0) is 12.8. The Morgan fingerprint density at radius 1 is 1.29 bits per heavy atom. The molecule has 3 nitrogen and oxygen atoms in total. The quantitative estimate of drug-likeness (QED) is 0.824. The van der Waals surface area contributed by atoms with Crippen LogP contribution in [0.1, 0.15) is 52.3 Å². The highest BCUT2D eigenvalue weighted by molar-refractivity contribution is 5.21. The van der Waals surface area contributed by atoms with Crippen molar-refractivity contribution in [1.82, 2.24) is 4.98 Å². The fourth-order valence-electron chi connectivity index (χ4n) is 1.83. The molecule has 0 fully saturated rings. The summed E-state index contributed by atoms with van der Waals surface area (Å²) in [6, 6.07) is 3.93. The monoisotopic (exact) mass is 236 g/mol. The van der Waals surface area contributed by atoms with Crippen LogP contribution in [0.5, 0.6) is 5.75 Å². The van der Waals surface area contributed by atoms with Gasteiger partial charge in [-0.1, -0.05) is 20.8 Å². The van der Waals surface area contributed by atoms with Crippen molar-refractivity contribution in [3.63, 3.8) is 0 Å². The Balaban J connectivity index is 2.56. The molecule has 2 atom stereocenters. The van der Waals surface area contributed by atoms with E-state index >= 15 is 0 Å². The van der Waals surface area contributed by atoms with Gasteiger partial charge in [-0.15, -0.1) is 0 Å². The first-order valence-corrected chi connectivity index (χ1v) is 6.41. The van der Waals surface area contributed by atoms with Gasteiger partial charge in [0.15, 0.2) is 0 Å². The molecule has 1 rings (SSSR count). The van der Waals surface area contributed by atoms with E-state index in [4.69, 9.17) is 10.5 Å². The van der Waals surface area contributed by atoms with Gasteiger partial charge in [-0.05, 0) is 37.8 Å². The topological polar surface area (TPSA) is 48.1 Å². The van der Waals surface area contributed by atoms with E-state index in [-0.39, 0.29) is 12.1 Å². The summed E-state index contributed by atoms with van der Waals surface area (Å²) < 4.78 is 5.79. The molecule has 1 heterocycles. The number of hydrogen-bond donors (Lipinski definition) is 1. The SMILES string of the molecule is CC[C@@H](N)c1ccc(OC(C)CC(C)C)cn1. The minimum absolute atomic E-state index is 0.0251. The zero-order valence-electron chi connectivity index (χ0n) is 11.3. The lowest BCUT2D eigenvalue weighted by Crippen LogP contribution is -2.15. The summed E-state index contributed by atoms with van der Waals surface area (Å²) in [7, 11) is 0. The van der Waals surface area contributed by atoms with Crippen molar-refractivity contribution in [1.29, 1.82) is 0 Å². The first kappa shape index (κ1) is 14.0. The summed E-state index contributed by atoms with van der Waals surface area (Å²) in [6.07, 6.45) is 3.94. The summed E-state index contributed by atoms with van der Waals surface area (Å²) in [5, 5.41) is 0.